The SMILES string of the molecule is CC[C@H](NC(=O)OC(C)(C)C)[C@@H]1CCN(c2c(F)cc3c(=O)c(C(=O)O)cn(CC)c3c2F)C1. The first kappa shape index (κ1) is 25.5. The average molecular weight is 480 g/mol. The van der Waals surface area contributed by atoms with Crippen LogP contribution in [-0.4, -0.2) is 46.5 Å². The molecule has 1 aromatic heterocycles. The zero-order valence-corrected chi connectivity index (χ0v) is 20.1. The highest BCUT2D eigenvalue weighted by atomic mass is 19.1. The van der Waals surface area contributed by atoms with Crippen molar-refractivity contribution in [2.75, 3.05) is 18.0 Å². The van der Waals surface area contributed by atoms with Gasteiger partial charge in [-0.05, 0) is 52.5 Å². The van der Waals surface area contributed by atoms with E-state index < -0.39 is 40.3 Å². The minimum absolute atomic E-state index is 0.0604. The van der Waals surface area contributed by atoms with E-state index in [1.807, 2.05) is 6.92 Å². The number of amides is 1. The lowest BCUT2D eigenvalue weighted by Crippen LogP contribution is -2.43. The predicted molar refractivity (Wildman–Crippen MR) is 125 cm³/mol. The molecule has 0 bridgehead atoms. The fraction of sp³-hybridized carbons (Fsp3) is 0.542. The Balaban J connectivity index is 1.94. The van der Waals surface area contributed by atoms with Gasteiger partial charge in [-0.1, -0.05) is 6.92 Å². The van der Waals surface area contributed by atoms with Crippen molar-refractivity contribution >= 4 is 28.7 Å². The van der Waals surface area contributed by atoms with Crippen LogP contribution in [0.15, 0.2) is 17.1 Å². The Morgan fingerprint density at radius 1 is 1.29 bits per heavy atom. The number of hydrogen-bond acceptors (Lipinski definition) is 5. The number of hydrogen-bond donors (Lipinski definition) is 2. The number of carboxylic acid groups (broad SMARTS) is 1. The molecule has 1 aliphatic rings. The number of pyridine rings is 1. The van der Waals surface area contributed by atoms with Crippen molar-refractivity contribution in [1.82, 2.24) is 9.88 Å². The molecule has 1 aromatic carbocycles. The van der Waals surface area contributed by atoms with Crippen LogP contribution < -0.4 is 15.6 Å². The maximum absolute atomic E-state index is 15.7. The number of carbonyl (C=O) groups excluding carboxylic acids is 1. The number of aromatic nitrogens is 1. The van der Waals surface area contributed by atoms with Crippen molar-refractivity contribution in [2.24, 2.45) is 5.92 Å². The van der Waals surface area contributed by atoms with E-state index in [-0.39, 0.29) is 35.1 Å². The van der Waals surface area contributed by atoms with Crippen molar-refractivity contribution < 1.29 is 28.2 Å². The summed E-state index contributed by atoms with van der Waals surface area (Å²) in [5, 5.41) is 11.8. The lowest BCUT2D eigenvalue weighted by Gasteiger charge is -2.27. The molecule has 186 valence electrons. The molecule has 1 amide bonds. The van der Waals surface area contributed by atoms with Crippen LogP contribution in [0, 0.1) is 17.6 Å². The molecule has 0 saturated carbocycles. The highest BCUT2D eigenvalue weighted by molar-refractivity contribution is 5.93. The molecular formula is C24H31F2N3O5. The van der Waals surface area contributed by atoms with Crippen LogP contribution in [0.5, 0.6) is 0 Å². The molecule has 0 unspecified atom stereocenters. The monoisotopic (exact) mass is 479 g/mol. The zero-order valence-electron chi connectivity index (χ0n) is 20.1. The molecule has 34 heavy (non-hydrogen) atoms. The van der Waals surface area contributed by atoms with Gasteiger partial charge in [0.2, 0.25) is 5.43 Å². The first-order valence-corrected chi connectivity index (χ1v) is 11.4. The zero-order chi connectivity index (χ0) is 25.4. The number of anilines is 1. The Labute approximate surface area is 196 Å². The molecular weight excluding hydrogens is 448 g/mol. The average Bonchev–Trinajstić information content (AvgIpc) is 3.20. The van der Waals surface area contributed by atoms with Crippen LogP contribution in [0.25, 0.3) is 10.9 Å². The predicted octanol–water partition coefficient (Wildman–Crippen LogP) is 4.13. The minimum atomic E-state index is -1.45. The van der Waals surface area contributed by atoms with Crippen molar-refractivity contribution in [3.63, 3.8) is 0 Å². The van der Waals surface area contributed by atoms with E-state index in [2.05, 4.69) is 5.32 Å². The van der Waals surface area contributed by atoms with Gasteiger partial charge in [-0.25, -0.2) is 18.4 Å². The van der Waals surface area contributed by atoms with E-state index >= 15 is 8.78 Å². The number of nitrogens with zero attached hydrogens (tertiary/aromatic N) is 2. The third-order valence-electron chi connectivity index (χ3n) is 6.05. The van der Waals surface area contributed by atoms with E-state index in [1.165, 1.54) is 4.57 Å². The topological polar surface area (TPSA) is 101 Å². The molecule has 10 heteroatoms. The lowest BCUT2D eigenvalue weighted by atomic mass is 9.97. The number of carboxylic acids is 1. The second kappa shape index (κ2) is 9.60. The number of benzene rings is 1. The number of ether oxygens (including phenoxy) is 1. The summed E-state index contributed by atoms with van der Waals surface area (Å²) in [6.07, 6.45) is 1.77. The summed E-state index contributed by atoms with van der Waals surface area (Å²) < 4.78 is 37.4. The van der Waals surface area contributed by atoms with E-state index in [0.29, 0.717) is 25.9 Å². The number of aryl methyl sites for hydroxylation is 1. The quantitative estimate of drug-likeness (QED) is 0.646. The van der Waals surface area contributed by atoms with Crippen LogP contribution >= 0.6 is 0 Å². The van der Waals surface area contributed by atoms with Crippen LogP contribution in [0.1, 0.15) is 57.8 Å². The fourth-order valence-corrected chi connectivity index (χ4v) is 4.50. The smallest absolute Gasteiger partial charge is 0.407 e. The third-order valence-corrected chi connectivity index (χ3v) is 6.05. The molecule has 1 saturated heterocycles. The van der Waals surface area contributed by atoms with Crippen molar-refractivity contribution in [1.29, 1.82) is 0 Å². The van der Waals surface area contributed by atoms with E-state index in [1.54, 1.807) is 32.6 Å². The van der Waals surface area contributed by atoms with Crippen molar-refractivity contribution in [3.8, 4) is 0 Å². The van der Waals surface area contributed by atoms with Crippen molar-refractivity contribution in [2.45, 2.75) is 65.6 Å². The third kappa shape index (κ3) is 5.00. The number of fused-ring (bicyclic) bond motifs is 1. The van der Waals surface area contributed by atoms with E-state index in [4.69, 9.17) is 4.74 Å². The van der Waals surface area contributed by atoms with Crippen LogP contribution in [0.2, 0.25) is 0 Å². The van der Waals surface area contributed by atoms with E-state index in [9.17, 15) is 19.5 Å². The van der Waals surface area contributed by atoms with E-state index in [0.717, 1.165) is 12.3 Å². The van der Waals surface area contributed by atoms with Crippen LogP contribution in [-0.2, 0) is 11.3 Å². The Kier molecular flexibility index (Phi) is 7.18. The number of rotatable bonds is 6. The number of aromatic carboxylic acids is 1. The second-order valence-corrected chi connectivity index (χ2v) is 9.54. The second-order valence-electron chi connectivity index (χ2n) is 9.54. The number of nitrogens with one attached hydrogen (secondary N) is 1. The molecule has 2 N–H and O–H groups in total. The van der Waals surface area contributed by atoms with Gasteiger partial charge in [0.15, 0.2) is 5.82 Å². The van der Waals surface area contributed by atoms with Gasteiger partial charge < -0.3 is 24.6 Å². The molecule has 1 aliphatic heterocycles. The number of carbonyl (C=O) groups is 2. The largest absolute Gasteiger partial charge is 0.477 e. The Hall–Kier alpha value is -3.17. The van der Waals surface area contributed by atoms with Gasteiger partial charge in [0, 0.05) is 31.9 Å². The summed E-state index contributed by atoms with van der Waals surface area (Å²) in [5.74, 6) is -3.35. The van der Waals surface area contributed by atoms with Gasteiger partial charge in [-0.3, -0.25) is 4.79 Å². The summed E-state index contributed by atoms with van der Waals surface area (Å²) in [5.41, 5.74) is -2.50. The van der Waals surface area contributed by atoms with Crippen molar-refractivity contribution in [3.05, 3.63) is 39.7 Å². The molecule has 2 aromatic rings. The molecule has 3 rings (SSSR count). The molecule has 2 atom stereocenters. The maximum Gasteiger partial charge on any atom is 0.407 e. The first-order valence-electron chi connectivity index (χ1n) is 11.4. The molecule has 8 nitrogen and oxygen atoms in total. The summed E-state index contributed by atoms with van der Waals surface area (Å²) in [6.45, 7) is 9.76. The molecule has 2 heterocycles. The maximum atomic E-state index is 15.7. The van der Waals surface area contributed by atoms with Gasteiger partial charge in [0.05, 0.1) is 10.9 Å². The molecule has 0 aliphatic carbocycles. The van der Waals surface area contributed by atoms with Crippen LogP contribution in [0.4, 0.5) is 19.3 Å². The standard InChI is InChI=1S/C24H31F2N3O5/c1-6-17(27-23(33)34-24(3,4)5)13-8-9-29(11-13)20-16(25)10-14-19(18(20)26)28(7-2)12-15(21(14)30)22(31)32/h10,12-13,17H,6-9,11H2,1-5H3,(H,27,33)(H,31,32)/t13-,17+/m1/s1. The Bertz CT molecular complexity index is 1170. The summed E-state index contributed by atoms with van der Waals surface area (Å²) in [6, 6.07) is 0.677. The normalized spacial score (nSPS) is 17.1. The van der Waals surface area contributed by atoms with Gasteiger partial charge >= 0.3 is 12.1 Å². The Morgan fingerprint density at radius 3 is 2.53 bits per heavy atom. The molecule has 1 fully saturated rings. The van der Waals surface area contributed by atoms with Gasteiger partial charge in [-0.2, -0.15) is 0 Å². The van der Waals surface area contributed by atoms with Gasteiger partial charge in [-0.15, -0.1) is 0 Å². The molecule has 0 spiro atoms. The molecule has 0 radical (unpaired) electrons. The summed E-state index contributed by atoms with van der Waals surface area (Å²) in [7, 11) is 0. The number of halogens is 2. The summed E-state index contributed by atoms with van der Waals surface area (Å²) >= 11 is 0. The number of alkyl carbamates (subject to hydrolysis) is 1. The first-order chi connectivity index (χ1) is 15.9. The fourth-order valence-electron chi connectivity index (χ4n) is 4.50. The van der Waals surface area contributed by atoms with Crippen LogP contribution in [0.3, 0.4) is 0 Å². The van der Waals surface area contributed by atoms with Gasteiger partial charge in [0.1, 0.15) is 22.7 Å². The lowest BCUT2D eigenvalue weighted by molar-refractivity contribution is 0.0486. The summed E-state index contributed by atoms with van der Waals surface area (Å²) in [4.78, 5) is 37.8. The highest BCUT2D eigenvalue weighted by Crippen LogP contribution is 2.34. The minimum Gasteiger partial charge on any atom is -0.477 e. The highest BCUT2D eigenvalue weighted by Gasteiger charge is 2.34. The Morgan fingerprint density at radius 2 is 1.97 bits per heavy atom. The van der Waals surface area contributed by atoms with Gasteiger partial charge in [0.25, 0.3) is 0 Å².